The molecule has 0 aromatic carbocycles. The Balaban J connectivity index is 2.77. The highest BCUT2D eigenvalue weighted by molar-refractivity contribution is 5.85. The van der Waals surface area contributed by atoms with E-state index >= 15 is 0 Å². The summed E-state index contributed by atoms with van der Waals surface area (Å²) in [5.41, 5.74) is 0. The van der Waals surface area contributed by atoms with Crippen LogP contribution in [0.5, 0.6) is 0 Å². The average molecular weight is 180 g/mol. The molecule has 0 bridgehead atoms. The molecule has 3 N–H and O–H groups in total. The Kier molecular flexibility index (Phi) is 2.43. The normalized spacial score (nSPS) is 43.2. The van der Waals surface area contributed by atoms with Crippen LogP contribution in [-0.4, -0.2) is 52.4 Å². The first-order chi connectivity index (χ1) is 5.51. The van der Waals surface area contributed by atoms with Crippen LogP contribution in [0.4, 0.5) is 4.39 Å². The number of carbonyl (C=O) groups is 1. The molecule has 6 heteroatoms. The molecule has 1 rings (SSSR count). The topological polar surface area (TPSA) is 87.0 Å². The van der Waals surface area contributed by atoms with Crippen LogP contribution in [0.25, 0.3) is 0 Å². The highest BCUT2D eigenvalue weighted by Gasteiger charge is 2.49. The Labute approximate surface area is 67.4 Å². The van der Waals surface area contributed by atoms with E-state index in [0.717, 1.165) is 0 Å². The third-order valence-corrected chi connectivity index (χ3v) is 1.74. The fraction of sp³-hybridized carbons (Fsp3) is 0.833. The van der Waals surface area contributed by atoms with Crippen molar-refractivity contribution in [3.63, 3.8) is 0 Å². The van der Waals surface area contributed by atoms with Crippen LogP contribution in [0.1, 0.15) is 0 Å². The monoisotopic (exact) mass is 180 g/mol. The van der Waals surface area contributed by atoms with E-state index in [4.69, 9.17) is 15.3 Å². The number of alkyl halides is 1. The lowest BCUT2D eigenvalue weighted by Gasteiger charge is -2.34. The van der Waals surface area contributed by atoms with Gasteiger partial charge in [0.1, 0.15) is 25.4 Å². The quantitative estimate of drug-likeness (QED) is 0.433. The van der Waals surface area contributed by atoms with Gasteiger partial charge in [0, 0.05) is 0 Å². The zero-order valence-electron chi connectivity index (χ0n) is 6.11. The van der Waals surface area contributed by atoms with Gasteiger partial charge in [-0.3, -0.25) is 4.79 Å². The van der Waals surface area contributed by atoms with Crippen LogP contribution in [-0.2, 0) is 9.53 Å². The van der Waals surface area contributed by atoms with E-state index in [-0.39, 0.29) is 0 Å². The van der Waals surface area contributed by atoms with Gasteiger partial charge >= 0.3 is 0 Å². The molecule has 1 fully saturated rings. The number of aliphatic hydroxyl groups excluding tert-OH is 3. The summed E-state index contributed by atoms with van der Waals surface area (Å²) in [7, 11) is 0. The van der Waals surface area contributed by atoms with E-state index in [2.05, 4.69) is 4.74 Å². The van der Waals surface area contributed by atoms with E-state index in [1.807, 2.05) is 0 Å². The Hall–Kier alpha value is -0.560. The molecule has 0 aromatic rings. The van der Waals surface area contributed by atoms with Gasteiger partial charge in [-0.15, -0.1) is 0 Å². The van der Waals surface area contributed by atoms with Crippen LogP contribution >= 0.6 is 0 Å². The average Bonchev–Trinajstić information content (AvgIpc) is 2.09. The SMILES string of the molecule is O=C1CO[C@](F)(CO)[C@@H](O)[C@@H]1O. The maximum absolute atomic E-state index is 13.1. The molecular weight excluding hydrogens is 171 g/mol. The lowest BCUT2D eigenvalue weighted by atomic mass is 10.00. The van der Waals surface area contributed by atoms with E-state index in [9.17, 15) is 9.18 Å². The Bertz CT molecular complexity index is 196. The fourth-order valence-corrected chi connectivity index (χ4v) is 0.913. The molecule has 1 saturated heterocycles. The third-order valence-electron chi connectivity index (χ3n) is 1.74. The number of hydrogen-bond acceptors (Lipinski definition) is 5. The van der Waals surface area contributed by atoms with E-state index < -0.39 is 37.1 Å². The molecule has 0 unspecified atom stereocenters. The molecule has 0 spiro atoms. The second-order valence-corrected chi connectivity index (χ2v) is 2.59. The predicted octanol–water partition coefficient (Wildman–Crippen LogP) is -2.03. The zero-order valence-corrected chi connectivity index (χ0v) is 6.11. The van der Waals surface area contributed by atoms with Gasteiger partial charge in [0.15, 0.2) is 5.78 Å². The summed E-state index contributed by atoms with van der Waals surface area (Å²) in [5, 5.41) is 26.3. The molecule has 1 heterocycles. The van der Waals surface area contributed by atoms with Gasteiger partial charge in [0.25, 0.3) is 5.85 Å². The number of ketones is 1. The van der Waals surface area contributed by atoms with Crippen molar-refractivity contribution in [3.8, 4) is 0 Å². The van der Waals surface area contributed by atoms with E-state index in [1.165, 1.54) is 0 Å². The van der Waals surface area contributed by atoms with Gasteiger partial charge in [-0.2, -0.15) is 0 Å². The Morgan fingerprint density at radius 1 is 1.67 bits per heavy atom. The number of halogens is 1. The largest absolute Gasteiger partial charge is 0.390 e. The minimum absolute atomic E-state index is 0.644. The first-order valence-electron chi connectivity index (χ1n) is 3.34. The minimum atomic E-state index is -2.73. The summed E-state index contributed by atoms with van der Waals surface area (Å²) in [6.45, 7) is -1.74. The number of Topliss-reactive ketones (excluding diaryl/α,β-unsaturated/α-hetero) is 1. The second-order valence-electron chi connectivity index (χ2n) is 2.59. The Morgan fingerprint density at radius 2 is 2.25 bits per heavy atom. The summed E-state index contributed by atoms with van der Waals surface area (Å²) >= 11 is 0. The number of aliphatic hydroxyl groups is 3. The lowest BCUT2D eigenvalue weighted by Crippen LogP contribution is -2.58. The molecule has 0 aromatic heterocycles. The van der Waals surface area contributed by atoms with Crippen LogP contribution in [0, 0.1) is 0 Å². The van der Waals surface area contributed by atoms with Crippen LogP contribution in [0.15, 0.2) is 0 Å². The van der Waals surface area contributed by atoms with Crippen LogP contribution < -0.4 is 0 Å². The van der Waals surface area contributed by atoms with Crippen molar-refractivity contribution in [2.45, 2.75) is 18.1 Å². The molecular formula is C6H9FO5. The third kappa shape index (κ3) is 1.34. The predicted molar refractivity (Wildman–Crippen MR) is 33.9 cm³/mol. The van der Waals surface area contributed by atoms with Crippen molar-refractivity contribution in [1.82, 2.24) is 0 Å². The highest BCUT2D eigenvalue weighted by Crippen LogP contribution is 2.25. The number of ether oxygens (including phenoxy) is 1. The fourth-order valence-electron chi connectivity index (χ4n) is 0.913. The summed E-state index contributed by atoms with van der Waals surface area (Å²) in [5.74, 6) is -3.53. The van der Waals surface area contributed by atoms with Gasteiger partial charge < -0.3 is 20.1 Å². The standard InChI is InChI=1S/C6H9FO5/c7-6(2-8)5(11)4(10)3(9)1-12-6/h4-5,8,10-11H,1-2H2/t4-,5+,6-/m1/s1. The van der Waals surface area contributed by atoms with Crippen LogP contribution in [0.2, 0.25) is 0 Å². The van der Waals surface area contributed by atoms with Gasteiger partial charge in [0.05, 0.1) is 0 Å². The first-order valence-corrected chi connectivity index (χ1v) is 3.34. The molecule has 1 aliphatic rings. The minimum Gasteiger partial charge on any atom is -0.390 e. The van der Waals surface area contributed by atoms with Crippen molar-refractivity contribution in [2.24, 2.45) is 0 Å². The van der Waals surface area contributed by atoms with Gasteiger partial charge in [-0.25, -0.2) is 4.39 Å². The number of hydrogen-bond donors (Lipinski definition) is 3. The molecule has 5 nitrogen and oxygen atoms in total. The summed E-state index contributed by atoms with van der Waals surface area (Å²) in [6.07, 6.45) is -3.85. The van der Waals surface area contributed by atoms with Crippen LogP contribution in [0.3, 0.4) is 0 Å². The molecule has 0 amide bonds. The maximum atomic E-state index is 13.1. The second kappa shape index (κ2) is 3.06. The molecule has 0 aliphatic carbocycles. The first kappa shape index (κ1) is 9.53. The van der Waals surface area contributed by atoms with Crippen molar-refractivity contribution in [1.29, 1.82) is 0 Å². The lowest BCUT2D eigenvalue weighted by molar-refractivity contribution is -0.261. The molecule has 70 valence electrons. The van der Waals surface area contributed by atoms with E-state index in [1.54, 1.807) is 0 Å². The number of rotatable bonds is 1. The Morgan fingerprint density at radius 3 is 2.75 bits per heavy atom. The maximum Gasteiger partial charge on any atom is 0.262 e. The summed E-state index contributed by atoms with van der Waals surface area (Å²) in [4.78, 5) is 10.6. The summed E-state index contributed by atoms with van der Waals surface area (Å²) < 4.78 is 17.3. The molecule has 0 saturated carbocycles. The highest BCUT2D eigenvalue weighted by atomic mass is 19.2. The van der Waals surface area contributed by atoms with Crippen molar-refractivity contribution in [2.75, 3.05) is 13.2 Å². The van der Waals surface area contributed by atoms with E-state index in [0.29, 0.717) is 0 Å². The van der Waals surface area contributed by atoms with Gasteiger partial charge in [-0.05, 0) is 0 Å². The summed E-state index contributed by atoms with van der Waals surface area (Å²) in [6, 6.07) is 0. The molecule has 12 heavy (non-hydrogen) atoms. The smallest absolute Gasteiger partial charge is 0.262 e. The zero-order chi connectivity index (χ0) is 9.35. The van der Waals surface area contributed by atoms with Crippen molar-refractivity contribution in [3.05, 3.63) is 0 Å². The van der Waals surface area contributed by atoms with Gasteiger partial charge in [-0.1, -0.05) is 0 Å². The van der Waals surface area contributed by atoms with Crippen molar-refractivity contribution >= 4 is 5.78 Å². The number of carbonyl (C=O) groups excluding carboxylic acids is 1. The molecule has 1 aliphatic heterocycles. The molecule has 3 atom stereocenters. The van der Waals surface area contributed by atoms with Crippen molar-refractivity contribution < 1.29 is 29.2 Å². The van der Waals surface area contributed by atoms with Gasteiger partial charge in [0.2, 0.25) is 0 Å². The molecule has 0 radical (unpaired) electrons.